The van der Waals surface area contributed by atoms with Crippen molar-refractivity contribution in [2.24, 2.45) is 0 Å². The van der Waals surface area contributed by atoms with E-state index in [4.69, 9.17) is 9.47 Å². The molecule has 28 heavy (non-hydrogen) atoms. The molecule has 0 unspecified atom stereocenters. The Kier molecular flexibility index (Phi) is 6.16. The molecule has 7 nitrogen and oxygen atoms in total. The highest BCUT2D eigenvalue weighted by Gasteiger charge is 2.22. The summed E-state index contributed by atoms with van der Waals surface area (Å²) < 4.78 is 11.6. The van der Waals surface area contributed by atoms with Crippen molar-refractivity contribution in [2.75, 3.05) is 46.2 Å². The number of fused-ring (bicyclic) bond motifs is 1. The van der Waals surface area contributed by atoms with E-state index in [1.165, 1.54) is 4.90 Å². The SMILES string of the molecule is CN(CC(=O)Nc1ccc(C(=O)N(C)C)cc1)C[C@H]1COc2ccccc2O1. The summed E-state index contributed by atoms with van der Waals surface area (Å²) in [6.45, 7) is 1.24. The Balaban J connectivity index is 1.48. The second kappa shape index (κ2) is 8.75. The first-order chi connectivity index (χ1) is 13.4. The van der Waals surface area contributed by atoms with E-state index in [-0.39, 0.29) is 24.5 Å². The molecule has 2 amide bonds. The van der Waals surface area contributed by atoms with Crippen LogP contribution in [0.5, 0.6) is 11.5 Å². The number of ether oxygens (including phenoxy) is 2. The first-order valence-corrected chi connectivity index (χ1v) is 9.11. The van der Waals surface area contributed by atoms with Crippen LogP contribution in [0.25, 0.3) is 0 Å². The molecule has 1 heterocycles. The zero-order chi connectivity index (χ0) is 20.1. The van der Waals surface area contributed by atoms with Crippen LogP contribution in [0.15, 0.2) is 48.5 Å². The third-order valence-corrected chi connectivity index (χ3v) is 4.32. The zero-order valence-electron chi connectivity index (χ0n) is 16.3. The number of carbonyl (C=O) groups excluding carboxylic acids is 2. The van der Waals surface area contributed by atoms with Crippen molar-refractivity contribution in [2.45, 2.75) is 6.10 Å². The van der Waals surface area contributed by atoms with Gasteiger partial charge < -0.3 is 19.7 Å². The molecular weight excluding hydrogens is 358 g/mol. The number of para-hydroxylation sites is 2. The molecule has 0 spiro atoms. The fourth-order valence-corrected chi connectivity index (χ4v) is 2.97. The molecule has 0 saturated heterocycles. The van der Waals surface area contributed by atoms with Crippen molar-refractivity contribution in [3.8, 4) is 11.5 Å². The predicted molar refractivity (Wildman–Crippen MR) is 107 cm³/mol. The van der Waals surface area contributed by atoms with Crippen LogP contribution < -0.4 is 14.8 Å². The fraction of sp³-hybridized carbons (Fsp3) is 0.333. The normalized spacial score (nSPS) is 15.2. The molecule has 2 aromatic rings. The van der Waals surface area contributed by atoms with Gasteiger partial charge in [-0.05, 0) is 43.4 Å². The van der Waals surface area contributed by atoms with Gasteiger partial charge in [-0.1, -0.05) is 12.1 Å². The Hall–Kier alpha value is -3.06. The van der Waals surface area contributed by atoms with Gasteiger partial charge in [0.2, 0.25) is 5.91 Å². The molecule has 0 saturated carbocycles. The molecule has 0 aliphatic carbocycles. The lowest BCUT2D eigenvalue weighted by molar-refractivity contribution is -0.117. The molecule has 1 aliphatic rings. The van der Waals surface area contributed by atoms with Gasteiger partial charge >= 0.3 is 0 Å². The van der Waals surface area contributed by atoms with Crippen molar-refractivity contribution in [3.05, 3.63) is 54.1 Å². The lowest BCUT2D eigenvalue weighted by atomic mass is 10.2. The summed E-state index contributed by atoms with van der Waals surface area (Å²) in [5.41, 5.74) is 1.23. The third kappa shape index (κ3) is 5.01. The van der Waals surface area contributed by atoms with E-state index < -0.39 is 0 Å². The van der Waals surface area contributed by atoms with Crippen LogP contribution >= 0.6 is 0 Å². The number of rotatable bonds is 6. The van der Waals surface area contributed by atoms with E-state index in [2.05, 4.69) is 5.32 Å². The van der Waals surface area contributed by atoms with Gasteiger partial charge in [0.15, 0.2) is 11.5 Å². The van der Waals surface area contributed by atoms with Gasteiger partial charge in [0.05, 0.1) is 6.54 Å². The number of nitrogens with zero attached hydrogens (tertiary/aromatic N) is 2. The Morgan fingerprint density at radius 2 is 1.71 bits per heavy atom. The van der Waals surface area contributed by atoms with Crippen molar-refractivity contribution >= 4 is 17.5 Å². The van der Waals surface area contributed by atoms with E-state index in [0.29, 0.717) is 24.4 Å². The molecule has 0 fully saturated rings. The topological polar surface area (TPSA) is 71.1 Å². The Morgan fingerprint density at radius 1 is 1.04 bits per heavy atom. The van der Waals surface area contributed by atoms with Gasteiger partial charge in [-0.3, -0.25) is 14.5 Å². The number of hydrogen-bond donors (Lipinski definition) is 1. The first-order valence-electron chi connectivity index (χ1n) is 9.11. The highest BCUT2D eigenvalue weighted by atomic mass is 16.6. The summed E-state index contributed by atoms with van der Waals surface area (Å²) in [6.07, 6.45) is -0.135. The molecule has 0 aromatic heterocycles. The zero-order valence-corrected chi connectivity index (χ0v) is 16.3. The second-order valence-electron chi connectivity index (χ2n) is 7.02. The summed E-state index contributed by atoms with van der Waals surface area (Å²) in [4.78, 5) is 27.6. The minimum absolute atomic E-state index is 0.0751. The summed E-state index contributed by atoms with van der Waals surface area (Å²) >= 11 is 0. The van der Waals surface area contributed by atoms with Crippen LogP contribution in [0.3, 0.4) is 0 Å². The Bertz CT molecular complexity index is 836. The molecule has 2 aromatic carbocycles. The van der Waals surface area contributed by atoms with Gasteiger partial charge in [-0.15, -0.1) is 0 Å². The van der Waals surface area contributed by atoms with Crippen LogP contribution in [0, 0.1) is 0 Å². The molecule has 0 radical (unpaired) electrons. The highest BCUT2D eigenvalue weighted by Crippen LogP contribution is 2.30. The quantitative estimate of drug-likeness (QED) is 0.827. The van der Waals surface area contributed by atoms with Crippen LogP contribution in [0.2, 0.25) is 0 Å². The summed E-state index contributed by atoms with van der Waals surface area (Å²) in [5.74, 6) is 1.26. The van der Waals surface area contributed by atoms with Gasteiger partial charge in [0, 0.05) is 31.9 Å². The van der Waals surface area contributed by atoms with Crippen LogP contribution in [0.1, 0.15) is 10.4 Å². The van der Waals surface area contributed by atoms with Gasteiger partial charge in [-0.25, -0.2) is 0 Å². The van der Waals surface area contributed by atoms with E-state index in [1.807, 2.05) is 36.2 Å². The van der Waals surface area contributed by atoms with E-state index >= 15 is 0 Å². The maximum Gasteiger partial charge on any atom is 0.253 e. The molecule has 1 N–H and O–H groups in total. The molecular formula is C21H25N3O4. The number of amides is 2. The standard InChI is InChI=1S/C21H25N3O4/c1-23(2)21(26)15-8-10-16(11-9-15)22-20(25)13-24(3)12-17-14-27-18-6-4-5-7-19(18)28-17/h4-11,17H,12-14H2,1-3H3,(H,22,25)/t17-/m0/s1. The number of benzene rings is 2. The minimum atomic E-state index is -0.135. The van der Waals surface area contributed by atoms with Crippen LogP contribution in [-0.4, -0.2) is 68.6 Å². The van der Waals surface area contributed by atoms with Crippen molar-refractivity contribution in [3.63, 3.8) is 0 Å². The molecule has 0 bridgehead atoms. The summed E-state index contributed by atoms with van der Waals surface area (Å²) in [5, 5.41) is 2.84. The average molecular weight is 383 g/mol. The lowest BCUT2D eigenvalue weighted by Crippen LogP contribution is -2.42. The smallest absolute Gasteiger partial charge is 0.253 e. The fourth-order valence-electron chi connectivity index (χ4n) is 2.97. The molecule has 3 rings (SSSR count). The lowest BCUT2D eigenvalue weighted by Gasteiger charge is -2.29. The summed E-state index contributed by atoms with van der Waals surface area (Å²) in [6, 6.07) is 14.4. The Labute approximate surface area is 164 Å². The predicted octanol–water partition coefficient (Wildman–Crippen LogP) is 2.10. The third-order valence-electron chi connectivity index (χ3n) is 4.32. The minimum Gasteiger partial charge on any atom is -0.486 e. The number of likely N-dealkylation sites (N-methyl/N-ethyl adjacent to an activating group) is 1. The number of anilines is 1. The maximum absolute atomic E-state index is 12.3. The molecule has 148 valence electrons. The largest absolute Gasteiger partial charge is 0.486 e. The first kappa shape index (κ1) is 19.7. The highest BCUT2D eigenvalue weighted by molar-refractivity contribution is 5.96. The van der Waals surface area contributed by atoms with E-state index in [9.17, 15) is 9.59 Å². The van der Waals surface area contributed by atoms with E-state index in [0.717, 1.165) is 11.5 Å². The number of nitrogens with one attached hydrogen (secondary N) is 1. The van der Waals surface area contributed by atoms with Crippen molar-refractivity contribution < 1.29 is 19.1 Å². The Morgan fingerprint density at radius 3 is 2.39 bits per heavy atom. The monoisotopic (exact) mass is 383 g/mol. The van der Waals surface area contributed by atoms with Gasteiger partial charge in [0.1, 0.15) is 12.7 Å². The van der Waals surface area contributed by atoms with E-state index in [1.54, 1.807) is 38.4 Å². The summed E-state index contributed by atoms with van der Waals surface area (Å²) in [7, 11) is 5.27. The van der Waals surface area contributed by atoms with Crippen molar-refractivity contribution in [1.29, 1.82) is 0 Å². The molecule has 1 atom stereocenters. The van der Waals surface area contributed by atoms with Crippen LogP contribution in [-0.2, 0) is 4.79 Å². The number of hydrogen-bond acceptors (Lipinski definition) is 5. The van der Waals surface area contributed by atoms with Crippen LogP contribution in [0.4, 0.5) is 5.69 Å². The molecule has 7 heteroatoms. The average Bonchev–Trinajstić information content (AvgIpc) is 2.67. The van der Waals surface area contributed by atoms with Gasteiger partial charge in [-0.2, -0.15) is 0 Å². The molecule has 1 aliphatic heterocycles. The van der Waals surface area contributed by atoms with Gasteiger partial charge in [0.25, 0.3) is 5.91 Å². The number of carbonyl (C=O) groups is 2. The second-order valence-corrected chi connectivity index (χ2v) is 7.02. The van der Waals surface area contributed by atoms with Crippen molar-refractivity contribution in [1.82, 2.24) is 9.80 Å². The maximum atomic E-state index is 12.3.